The zero-order valence-corrected chi connectivity index (χ0v) is 11.1. The van der Waals surface area contributed by atoms with Crippen molar-refractivity contribution in [1.29, 1.82) is 0 Å². The van der Waals surface area contributed by atoms with Gasteiger partial charge < -0.3 is 19.7 Å². The van der Waals surface area contributed by atoms with E-state index >= 15 is 0 Å². The molecule has 19 heavy (non-hydrogen) atoms. The zero-order valence-electron chi connectivity index (χ0n) is 11.1. The Kier molecular flexibility index (Phi) is 5.79. The van der Waals surface area contributed by atoms with Crippen molar-refractivity contribution in [3.8, 4) is 0 Å². The van der Waals surface area contributed by atoms with Crippen molar-refractivity contribution in [3.63, 3.8) is 0 Å². The van der Waals surface area contributed by atoms with Gasteiger partial charge in [-0.15, -0.1) is 0 Å². The SMILES string of the molecule is OC(COCc1ccccc1)CC1COCCC1O. The number of rotatable bonds is 6. The molecular weight excluding hydrogens is 244 g/mol. The lowest BCUT2D eigenvalue weighted by atomic mass is 9.93. The molecule has 1 heterocycles. The predicted molar refractivity (Wildman–Crippen MR) is 71.7 cm³/mol. The molecule has 0 saturated carbocycles. The van der Waals surface area contributed by atoms with Gasteiger partial charge in [-0.2, -0.15) is 0 Å². The summed E-state index contributed by atoms with van der Waals surface area (Å²) in [5, 5.41) is 19.7. The Labute approximate surface area is 114 Å². The van der Waals surface area contributed by atoms with E-state index in [1.807, 2.05) is 30.3 Å². The van der Waals surface area contributed by atoms with Crippen molar-refractivity contribution in [2.45, 2.75) is 31.7 Å². The van der Waals surface area contributed by atoms with Crippen LogP contribution in [-0.4, -0.2) is 42.2 Å². The van der Waals surface area contributed by atoms with Crippen LogP contribution in [0.2, 0.25) is 0 Å². The lowest BCUT2D eigenvalue weighted by Crippen LogP contribution is -2.35. The minimum absolute atomic E-state index is 0.0177. The summed E-state index contributed by atoms with van der Waals surface area (Å²) in [4.78, 5) is 0. The lowest BCUT2D eigenvalue weighted by Gasteiger charge is -2.29. The summed E-state index contributed by atoms with van der Waals surface area (Å²) in [6.07, 6.45) is 0.265. The molecule has 1 aromatic carbocycles. The molecule has 0 amide bonds. The summed E-state index contributed by atoms with van der Waals surface area (Å²) in [6.45, 7) is 1.93. The lowest BCUT2D eigenvalue weighted by molar-refractivity contribution is -0.0627. The topological polar surface area (TPSA) is 58.9 Å². The van der Waals surface area contributed by atoms with Gasteiger partial charge in [0.2, 0.25) is 0 Å². The normalized spacial score (nSPS) is 25.2. The highest BCUT2D eigenvalue weighted by atomic mass is 16.5. The third-order valence-corrected chi connectivity index (χ3v) is 3.43. The number of benzene rings is 1. The van der Waals surface area contributed by atoms with Crippen LogP contribution < -0.4 is 0 Å². The van der Waals surface area contributed by atoms with Crippen molar-refractivity contribution >= 4 is 0 Å². The number of ether oxygens (including phenoxy) is 2. The average Bonchev–Trinajstić information content (AvgIpc) is 2.43. The Morgan fingerprint density at radius 2 is 2.11 bits per heavy atom. The third kappa shape index (κ3) is 4.91. The van der Waals surface area contributed by atoms with Crippen molar-refractivity contribution in [3.05, 3.63) is 35.9 Å². The van der Waals surface area contributed by atoms with Gasteiger partial charge in [-0.1, -0.05) is 30.3 Å². The van der Waals surface area contributed by atoms with E-state index < -0.39 is 6.10 Å². The van der Waals surface area contributed by atoms with Crippen molar-refractivity contribution in [2.24, 2.45) is 5.92 Å². The van der Waals surface area contributed by atoms with Crippen LogP contribution in [0.3, 0.4) is 0 Å². The van der Waals surface area contributed by atoms with E-state index in [2.05, 4.69) is 0 Å². The van der Waals surface area contributed by atoms with E-state index in [0.717, 1.165) is 5.56 Å². The first-order valence-electron chi connectivity index (χ1n) is 6.81. The largest absolute Gasteiger partial charge is 0.393 e. The fraction of sp³-hybridized carbons (Fsp3) is 0.600. The highest BCUT2D eigenvalue weighted by Crippen LogP contribution is 2.20. The summed E-state index contributed by atoms with van der Waals surface area (Å²) in [7, 11) is 0. The van der Waals surface area contributed by atoms with Crippen molar-refractivity contribution in [2.75, 3.05) is 19.8 Å². The summed E-state index contributed by atoms with van der Waals surface area (Å²) < 4.78 is 10.8. The van der Waals surface area contributed by atoms with Gasteiger partial charge in [-0.05, 0) is 18.4 Å². The molecule has 3 unspecified atom stereocenters. The second-order valence-electron chi connectivity index (χ2n) is 5.08. The fourth-order valence-corrected chi connectivity index (χ4v) is 2.32. The highest BCUT2D eigenvalue weighted by molar-refractivity contribution is 5.13. The standard InChI is InChI=1S/C15H22O4/c16-14(8-13-10-18-7-6-15(13)17)11-19-9-12-4-2-1-3-5-12/h1-5,13-17H,6-11H2. The van der Waals surface area contributed by atoms with Crippen LogP contribution in [0.5, 0.6) is 0 Å². The molecule has 0 radical (unpaired) electrons. The number of hydrogen-bond donors (Lipinski definition) is 2. The third-order valence-electron chi connectivity index (χ3n) is 3.43. The van der Waals surface area contributed by atoms with E-state index in [0.29, 0.717) is 32.7 Å². The maximum absolute atomic E-state index is 9.91. The van der Waals surface area contributed by atoms with Gasteiger partial charge in [-0.3, -0.25) is 0 Å². The molecule has 4 heteroatoms. The average molecular weight is 266 g/mol. The number of aliphatic hydroxyl groups excluding tert-OH is 2. The van der Waals surface area contributed by atoms with Crippen LogP contribution in [0.4, 0.5) is 0 Å². The molecule has 1 aromatic rings. The molecule has 3 atom stereocenters. The first-order chi connectivity index (χ1) is 9.25. The minimum atomic E-state index is -0.551. The summed E-state index contributed by atoms with van der Waals surface area (Å²) in [5.74, 6) is 0.0177. The van der Waals surface area contributed by atoms with Gasteiger partial charge in [0, 0.05) is 12.5 Å². The monoisotopic (exact) mass is 266 g/mol. The van der Waals surface area contributed by atoms with Crippen LogP contribution in [0.15, 0.2) is 30.3 Å². The molecule has 0 aromatic heterocycles. The molecule has 2 N–H and O–H groups in total. The molecule has 1 aliphatic heterocycles. The maximum atomic E-state index is 9.91. The first-order valence-corrected chi connectivity index (χ1v) is 6.81. The van der Waals surface area contributed by atoms with Crippen LogP contribution in [0, 0.1) is 5.92 Å². The minimum Gasteiger partial charge on any atom is -0.393 e. The van der Waals surface area contributed by atoms with Gasteiger partial charge in [-0.25, -0.2) is 0 Å². The number of hydrogen-bond acceptors (Lipinski definition) is 4. The van der Waals surface area contributed by atoms with E-state index in [1.165, 1.54) is 0 Å². The summed E-state index contributed by atoms with van der Waals surface area (Å²) in [5.41, 5.74) is 1.09. The second-order valence-corrected chi connectivity index (χ2v) is 5.08. The summed E-state index contributed by atoms with van der Waals surface area (Å²) >= 11 is 0. The Balaban J connectivity index is 1.65. The quantitative estimate of drug-likeness (QED) is 0.816. The molecule has 1 saturated heterocycles. The zero-order chi connectivity index (χ0) is 13.5. The van der Waals surface area contributed by atoms with E-state index in [-0.39, 0.29) is 18.6 Å². The van der Waals surface area contributed by atoms with Crippen molar-refractivity contribution < 1.29 is 19.7 Å². The van der Waals surface area contributed by atoms with Crippen LogP contribution in [0.25, 0.3) is 0 Å². The van der Waals surface area contributed by atoms with Gasteiger partial charge in [0.25, 0.3) is 0 Å². The second kappa shape index (κ2) is 7.60. The Hall–Kier alpha value is -0.940. The molecule has 106 valence electrons. The van der Waals surface area contributed by atoms with E-state index in [4.69, 9.17) is 9.47 Å². The fourth-order valence-electron chi connectivity index (χ4n) is 2.32. The molecule has 4 nitrogen and oxygen atoms in total. The molecule has 1 fully saturated rings. The Bertz CT molecular complexity index is 354. The molecule has 0 spiro atoms. The Morgan fingerprint density at radius 1 is 1.32 bits per heavy atom. The molecule has 0 aliphatic carbocycles. The molecule has 0 bridgehead atoms. The number of aliphatic hydroxyl groups is 2. The highest BCUT2D eigenvalue weighted by Gasteiger charge is 2.26. The predicted octanol–water partition coefficient (Wildman–Crippen LogP) is 1.35. The van der Waals surface area contributed by atoms with Gasteiger partial charge >= 0.3 is 0 Å². The maximum Gasteiger partial charge on any atom is 0.0778 e. The molecule has 2 rings (SSSR count). The Morgan fingerprint density at radius 3 is 2.84 bits per heavy atom. The van der Waals surface area contributed by atoms with Crippen LogP contribution >= 0.6 is 0 Å². The molecule has 1 aliphatic rings. The summed E-state index contributed by atoms with van der Waals surface area (Å²) in [6, 6.07) is 9.87. The molecular formula is C15H22O4. The van der Waals surface area contributed by atoms with Gasteiger partial charge in [0.1, 0.15) is 0 Å². The van der Waals surface area contributed by atoms with Crippen LogP contribution in [0.1, 0.15) is 18.4 Å². The van der Waals surface area contributed by atoms with Crippen molar-refractivity contribution in [1.82, 2.24) is 0 Å². The van der Waals surface area contributed by atoms with Gasteiger partial charge in [0.15, 0.2) is 0 Å². The van der Waals surface area contributed by atoms with Gasteiger partial charge in [0.05, 0.1) is 32.0 Å². The van der Waals surface area contributed by atoms with Crippen LogP contribution in [-0.2, 0) is 16.1 Å². The van der Waals surface area contributed by atoms with E-state index in [1.54, 1.807) is 0 Å². The first kappa shape index (κ1) is 14.5. The smallest absolute Gasteiger partial charge is 0.0778 e. The van der Waals surface area contributed by atoms with E-state index in [9.17, 15) is 10.2 Å².